The fourth-order valence-electron chi connectivity index (χ4n) is 6.04. The van der Waals surface area contributed by atoms with Crippen molar-refractivity contribution in [2.75, 3.05) is 13.7 Å². The normalized spacial score (nSPS) is 42.1. The molecule has 5 aliphatic rings. The van der Waals surface area contributed by atoms with Gasteiger partial charge in [-0.15, -0.1) is 0 Å². The van der Waals surface area contributed by atoms with Crippen molar-refractivity contribution in [1.82, 2.24) is 0 Å². The fourth-order valence-corrected chi connectivity index (χ4v) is 7.18. The quantitative estimate of drug-likeness (QED) is 0.588. The Balaban J connectivity index is 1.41. The highest BCUT2D eigenvalue weighted by molar-refractivity contribution is 7.48. The number of methoxy groups -OCH3 is 1. The molecule has 6 heteroatoms. The first-order valence-electron chi connectivity index (χ1n) is 9.28. The minimum absolute atomic E-state index is 0.294. The van der Waals surface area contributed by atoms with Gasteiger partial charge in [0.2, 0.25) is 0 Å². The van der Waals surface area contributed by atoms with Crippen LogP contribution in [0.3, 0.4) is 0 Å². The van der Waals surface area contributed by atoms with Crippen LogP contribution in [-0.2, 0) is 18.9 Å². The lowest BCUT2D eigenvalue weighted by Crippen LogP contribution is -2.63. The Kier molecular flexibility index (Phi) is 3.90. The zero-order valence-corrected chi connectivity index (χ0v) is 15.3. The van der Waals surface area contributed by atoms with Crippen molar-refractivity contribution in [3.8, 4) is 5.75 Å². The van der Waals surface area contributed by atoms with Gasteiger partial charge < -0.3 is 4.74 Å². The van der Waals surface area contributed by atoms with Crippen molar-refractivity contribution >= 4 is 13.3 Å². The summed E-state index contributed by atoms with van der Waals surface area (Å²) in [5.74, 6) is 3.01. The Labute approximate surface area is 148 Å². The van der Waals surface area contributed by atoms with Crippen molar-refractivity contribution < 1.29 is 23.6 Å². The molecule has 4 aliphatic carbocycles. The average Bonchev–Trinajstić information content (AvgIpc) is 2.58. The number of rotatable bonds is 5. The molecule has 1 saturated heterocycles. The van der Waals surface area contributed by atoms with Gasteiger partial charge in [0, 0.05) is 5.92 Å². The zero-order valence-electron chi connectivity index (χ0n) is 14.4. The largest absolute Gasteiger partial charge is 0.555 e. The number of hydrogen-bond acceptors (Lipinski definition) is 5. The summed E-state index contributed by atoms with van der Waals surface area (Å²) in [5, 5.41) is 0.582. The molecule has 1 aromatic carbocycles. The van der Waals surface area contributed by atoms with Gasteiger partial charge in [0.1, 0.15) is 6.61 Å². The summed E-state index contributed by atoms with van der Waals surface area (Å²) < 4.78 is 24.4. The van der Waals surface area contributed by atoms with Crippen LogP contribution in [0.1, 0.15) is 32.1 Å². The third-order valence-corrected chi connectivity index (χ3v) is 7.95. The van der Waals surface area contributed by atoms with E-state index in [0.29, 0.717) is 35.4 Å². The molecular weight excluding hydrogens is 339 g/mol. The highest BCUT2D eigenvalue weighted by Crippen LogP contribution is 2.62. The second kappa shape index (κ2) is 6.02. The number of para-hydroxylation sites is 1. The maximum Gasteiger partial charge on any atom is 0.555 e. The number of ether oxygens (including phenoxy) is 1. The predicted octanol–water partition coefficient (Wildman–Crippen LogP) is 3.81. The van der Waals surface area contributed by atoms with Gasteiger partial charge in [0.05, 0.1) is 7.11 Å². The summed E-state index contributed by atoms with van der Waals surface area (Å²) in [6.07, 6.45) is 6.45. The predicted molar refractivity (Wildman–Crippen MR) is 91.6 cm³/mol. The molecule has 0 N–H and O–H groups in total. The second-order valence-electron chi connectivity index (χ2n) is 8.13. The smallest absolute Gasteiger partial charge is 0.492 e. The van der Waals surface area contributed by atoms with Crippen LogP contribution in [0, 0.1) is 29.6 Å². The van der Waals surface area contributed by atoms with E-state index >= 15 is 0 Å². The molecule has 0 amide bonds. The van der Waals surface area contributed by atoms with E-state index in [2.05, 4.69) is 0 Å². The molecule has 1 heterocycles. The Morgan fingerprint density at radius 3 is 2.28 bits per heavy atom. The van der Waals surface area contributed by atoms with Crippen LogP contribution in [0.2, 0.25) is 0 Å². The lowest BCUT2D eigenvalue weighted by molar-refractivity contribution is -0.542. The fraction of sp³-hybridized carbons (Fsp3) is 0.684. The number of hydrogen-bond donors (Lipinski definition) is 0. The van der Waals surface area contributed by atoms with Crippen LogP contribution in [0.5, 0.6) is 5.75 Å². The third kappa shape index (κ3) is 2.56. The lowest BCUT2D eigenvalue weighted by Gasteiger charge is -2.58. The van der Waals surface area contributed by atoms with E-state index in [4.69, 9.17) is 19.0 Å². The third-order valence-electron chi connectivity index (χ3n) is 6.71. The first-order chi connectivity index (χ1) is 12.2. The summed E-state index contributed by atoms with van der Waals surface area (Å²) in [5.41, 5.74) is 0. The molecule has 4 bridgehead atoms. The average molecular weight is 363 g/mol. The van der Waals surface area contributed by atoms with Gasteiger partial charge in [-0.3, -0.25) is 0 Å². The molecule has 0 spiro atoms. The summed E-state index contributed by atoms with van der Waals surface area (Å²) in [7, 11) is -0.487. The second-order valence-corrected chi connectivity index (χ2v) is 9.31. The molecule has 25 heavy (non-hydrogen) atoms. The number of benzene rings is 1. The van der Waals surface area contributed by atoms with Crippen LogP contribution in [0.25, 0.3) is 0 Å². The van der Waals surface area contributed by atoms with Crippen LogP contribution in [0.15, 0.2) is 24.3 Å². The molecule has 5 nitrogen and oxygen atoms in total. The van der Waals surface area contributed by atoms with Crippen LogP contribution >= 0.6 is 8.03 Å². The summed E-state index contributed by atoms with van der Waals surface area (Å²) >= 11 is 0. The van der Waals surface area contributed by atoms with Gasteiger partial charge in [-0.2, -0.15) is 4.89 Å². The Morgan fingerprint density at radius 2 is 1.72 bits per heavy atom. The molecule has 4 saturated carbocycles. The van der Waals surface area contributed by atoms with Crippen molar-refractivity contribution in [3.05, 3.63) is 24.3 Å². The Bertz CT molecular complexity index is 658. The Morgan fingerprint density at radius 1 is 1.08 bits per heavy atom. The lowest BCUT2D eigenvalue weighted by atomic mass is 9.50. The van der Waals surface area contributed by atoms with Gasteiger partial charge in [0.15, 0.2) is 5.75 Å². The summed E-state index contributed by atoms with van der Waals surface area (Å²) in [4.78, 5) is 10.7. The highest BCUT2D eigenvalue weighted by atomic mass is 31.1. The van der Waals surface area contributed by atoms with E-state index in [9.17, 15) is 4.57 Å². The van der Waals surface area contributed by atoms with E-state index in [1.807, 2.05) is 12.1 Å². The van der Waals surface area contributed by atoms with Crippen molar-refractivity contribution in [1.29, 1.82) is 0 Å². The molecular formula is C19H24O5P+. The standard InChI is InChI=1S/C19H24O5P/c1-21-16-4-2-3-5-17(16)25(20)24-19(11-22-23-19)18-14-7-12-6-13(9-14)10-15(18)8-12/h2-5,12-15,18H,6-11H2,1H3/q+1. The monoisotopic (exact) mass is 363 g/mol. The first kappa shape index (κ1) is 16.2. The maximum atomic E-state index is 13.0. The molecule has 6 rings (SSSR count). The SMILES string of the molecule is COc1ccccc1[P+](=O)OC1(C2C3CC4CC(C3)CC2C4)COO1. The molecule has 2 unspecified atom stereocenters. The highest BCUT2D eigenvalue weighted by Gasteiger charge is 2.65. The van der Waals surface area contributed by atoms with Crippen molar-refractivity contribution in [3.63, 3.8) is 0 Å². The van der Waals surface area contributed by atoms with E-state index < -0.39 is 13.8 Å². The van der Waals surface area contributed by atoms with Gasteiger partial charge in [-0.1, -0.05) is 16.7 Å². The van der Waals surface area contributed by atoms with E-state index in [1.165, 1.54) is 32.1 Å². The van der Waals surface area contributed by atoms with Crippen LogP contribution in [-0.4, -0.2) is 19.5 Å². The van der Waals surface area contributed by atoms with Gasteiger partial charge >= 0.3 is 8.03 Å². The molecule has 1 aromatic rings. The van der Waals surface area contributed by atoms with Crippen molar-refractivity contribution in [2.45, 2.75) is 37.9 Å². The molecule has 134 valence electrons. The van der Waals surface area contributed by atoms with Gasteiger partial charge in [0.25, 0.3) is 11.1 Å². The first-order valence-corrected chi connectivity index (χ1v) is 10.5. The minimum Gasteiger partial charge on any atom is -0.492 e. The molecule has 2 atom stereocenters. The maximum absolute atomic E-state index is 13.0. The molecule has 0 aromatic heterocycles. The van der Waals surface area contributed by atoms with E-state index in [-0.39, 0.29) is 0 Å². The topological polar surface area (TPSA) is 54.0 Å². The molecule has 0 radical (unpaired) electrons. The van der Waals surface area contributed by atoms with Crippen LogP contribution < -0.4 is 10.0 Å². The van der Waals surface area contributed by atoms with Crippen molar-refractivity contribution in [2.24, 2.45) is 29.6 Å². The summed E-state index contributed by atoms with van der Waals surface area (Å²) in [6, 6.07) is 7.31. The van der Waals surface area contributed by atoms with E-state index in [0.717, 1.165) is 11.8 Å². The minimum atomic E-state index is -2.07. The van der Waals surface area contributed by atoms with Gasteiger partial charge in [-0.25, -0.2) is 4.89 Å². The van der Waals surface area contributed by atoms with Crippen LogP contribution in [0.4, 0.5) is 0 Å². The molecule has 1 aliphatic heterocycles. The summed E-state index contributed by atoms with van der Waals surface area (Å²) in [6.45, 7) is 0.371. The molecule has 5 fully saturated rings. The van der Waals surface area contributed by atoms with Gasteiger partial charge in [-0.05, 0) is 72.5 Å². The van der Waals surface area contributed by atoms with E-state index in [1.54, 1.807) is 19.2 Å². The Hall–Kier alpha value is -1.00. The zero-order chi connectivity index (χ0) is 17.0.